The minimum absolute atomic E-state index is 0. The van der Waals surface area contributed by atoms with Crippen LogP contribution in [0, 0.1) is 0 Å². The molecule has 0 aromatic carbocycles. The van der Waals surface area contributed by atoms with Crippen LogP contribution in [-0.2, 0) is 52.4 Å². The zero-order valence-electron chi connectivity index (χ0n) is 32.5. The second kappa shape index (κ2) is 37.9. The van der Waals surface area contributed by atoms with Gasteiger partial charge in [0, 0.05) is 61.4 Å². The van der Waals surface area contributed by atoms with E-state index in [1.54, 1.807) is 21.6 Å². The molecule has 2 aliphatic heterocycles. The molecule has 18 nitrogen and oxygen atoms in total. The molecule has 56 heavy (non-hydrogen) atoms. The molecule has 0 unspecified atom stereocenters. The predicted octanol–water partition coefficient (Wildman–Crippen LogP) is -3.48. The van der Waals surface area contributed by atoms with Crippen LogP contribution in [0.5, 0.6) is 0 Å². The highest BCUT2D eigenvalue weighted by Gasteiger charge is 2.42. The average Bonchev–Trinajstić information content (AvgIpc) is 3.73. The van der Waals surface area contributed by atoms with Crippen LogP contribution in [-0.4, -0.2) is 177 Å². The Morgan fingerprint density at radius 2 is 1.09 bits per heavy atom. The fourth-order valence-electron chi connectivity index (χ4n) is 5.14. The van der Waals surface area contributed by atoms with E-state index in [9.17, 15) is 19.2 Å². The van der Waals surface area contributed by atoms with Crippen molar-refractivity contribution in [3.63, 3.8) is 0 Å². The van der Waals surface area contributed by atoms with Crippen molar-refractivity contribution in [3.05, 3.63) is 0 Å². The third kappa shape index (κ3) is 29.8. The summed E-state index contributed by atoms with van der Waals surface area (Å²) in [5.41, 5.74) is 0. The summed E-state index contributed by atoms with van der Waals surface area (Å²) in [6.07, 6.45) is 4.00. The van der Waals surface area contributed by atoms with Gasteiger partial charge in [-0.05, 0) is 12.8 Å². The number of unbranched alkanes of at least 4 members (excludes halogenated alkanes) is 1. The van der Waals surface area contributed by atoms with Crippen molar-refractivity contribution in [2.24, 2.45) is 0 Å². The molecule has 0 saturated carbocycles. The standard InChI is InChI=1S/C34H64N6O12S3.ClH/c35-52-24-23-51-22-21-50-18-15-47-12-8-37-32(43)6-25-54-55-26-9-38-31(42)5-10-45-13-16-48-19-20-49-17-14-46-11-7-36-30(41)4-2-1-3-29-33-28(27-53-29)39-34(44)40-33;/h28-29,33H,1-27H2,35H3,(H4-,36,37,38,39,40,41,42,43,44);1H/t28-,29-,33-;/m0./s1. The maximum atomic E-state index is 12.0. The highest BCUT2D eigenvalue weighted by molar-refractivity contribution is 8.76. The van der Waals surface area contributed by atoms with E-state index in [4.69, 9.17) is 33.2 Å². The number of urea groups is 1. The Morgan fingerprint density at radius 3 is 1.68 bits per heavy atom. The molecule has 0 aliphatic carbocycles. The van der Waals surface area contributed by atoms with Gasteiger partial charge in [0.2, 0.25) is 17.7 Å². The van der Waals surface area contributed by atoms with Crippen LogP contribution < -0.4 is 44.9 Å². The van der Waals surface area contributed by atoms with E-state index in [0.29, 0.717) is 143 Å². The molecule has 0 aromatic rings. The van der Waals surface area contributed by atoms with Crippen molar-refractivity contribution >= 4 is 57.1 Å². The fourth-order valence-corrected chi connectivity index (χ4v) is 8.58. The number of carbonyl (C=O) groups is 4. The molecule has 5 amide bonds. The second-order valence-electron chi connectivity index (χ2n) is 12.3. The quantitative estimate of drug-likeness (QED) is 0.0153. The molecule has 2 saturated heterocycles. The van der Waals surface area contributed by atoms with E-state index in [0.717, 1.165) is 30.8 Å². The first kappa shape index (κ1) is 52.7. The van der Waals surface area contributed by atoms with Crippen molar-refractivity contribution in [2.75, 3.05) is 136 Å². The largest absolute Gasteiger partial charge is 1.00 e. The summed E-state index contributed by atoms with van der Waals surface area (Å²) >= 11 is 1.89. The van der Waals surface area contributed by atoms with Crippen molar-refractivity contribution < 1.29 is 75.5 Å². The van der Waals surface area contributed by atoms with Crippen molar-refractivity contribution in [1.29, 1.82) is 0 Å². The predicted molar refractivity (Wildman–Crippen MR) is 212 cm³/mol. The van der Waals surface area contributed by atoms with Crippen LogP contribution in [0.4, 0.5) is 4.79 Å². The molecule has 328 valence electrons. The van der Waals surface area contributed by atoms with E-state index < -0.39 is 0 Å². The molecular formula is C34H65ClN6O12S3. The van der Waals surface area contributed by atoms with Gasteiger partial charge in [-0.1, -0.05) is 28.0 Å². The Balaban J connectivity index is 0.0000157. The first-order valence-corrected chi connectivity index (χ1v) is 22.7. The molecule has 22 heteroatoms. The lowest BCUT2D eigenvalue weighted by molar-refractivity contribution is -0.689. The van der Waals surface area contributed by atoms with Gasteiger partial charge >= 0.3 is 6.03 Å². The highest BCUT2D eigenvalue weighted by atomic mass is 35.5. The zero-order chi connectivity index (χ0) is 39.4. The van der Waals surface area contributed by atoms with Crippen LogP contribution in [0.15, 0.2) is 0 Å². The topological polar surface area (TPSA) is 230 Å². The van der Waals surface area contributed by atoms with Crippen molar-refractivity contribution in [2.45, 2.75) is 55.9 Å². The summed E-state index contributed by atoms with van der Waals surface area (Å²) in [6.45, 7) is 8.08. The first-order valence-electron chi connectivity index (χ1n) is 19.1. The van der Waals surface area contributed by atoms with Crippen LogP contribution in [0.25, 0.3) is 0 Å². The minimum Gasteiger partial charge on any atom is -1.00 e. The average molecular weight is 882 g/mol. The Kier molecular flexibility index (Phi) is 35.7. The molecule has 0 radical (unpaired) electrons. The molecule has 3 atom stereocenters. The molecule has 0 spiro atoms. The number of carbonyl (C=O) groups excluding carboxylic acids is 4. The minimum atomic E-state index is -0.0675. The van der Waals surface area contributed by atoms with Gasteiger partial charge in [0.05, 0.1) is 105 Å². The number of ether oxygens (including phenoxy) is 7. The number of hydrogen-bond acceptors (Lipinski definition) is 15. The van der Waals surface area contributed by atoms with Gasteiger partial charge in [0.15, 0.2) is 0 Å². The lowest BCUT2D eigenvalue weighted by atomic mass is 10.0. The third-order valence-corrected chi connectivity index (χ3v) is 11.8. The number of hydrogen-bond donors (Lipinski definition) is 6. The van der Waals surface area contributed by atoms with E-state index >= 15 is 0 Å². The number of amides is 5. The molecule has 2 aliphatic rings. The number of thioether (sulfide) groups is 1. The third-order valence-electron chi connectivity index (χ3n) is 7.93. The Labute approximate surface area is 349 Å². The summed E-state index contributed by atoms with van der Waals surface area (Å²) in [4.78, 5) is 52.0. The maximum absolute atomic E-state index is 12.0. The van der Waals surface area contributed by atoms with E-state index in [2.05, 4.69) is 37.3 Å². The summed E-state index contributed by atoms with van der Waals surface area (Å²) in [5, 5.41) is 15.0. The second-order valence-corrected chi connectivity index (χ2v) is 16.2. The van der Waals surface area contributed by atoms with Gasteiger partial charge in [-0.3, -0.25) is 14.4 Å². The SMILES string of the molecule is [Cl-].[NH3+]OCCOCCOCCOCCNC(=O)CCSSCCNC(=O)CCOCCOCCOCCOCCNC(=O)CCCC[C@@H]1SC[C@@H]2NC(=O)N[C@@H]21. The zero-order valence-corrected chi connectivity index (χ0v) is 35.7. The number of rotatable bonds is 39. The van der Waals surface area contributed by atoms with Crippen molar-refractivity contribution in [3.8, 4) is 0 Å². The Bertz CT molecular complexity index is 1020. The lowest BCUT2D eigenvalue weighted by Gasteiger charge is -2.16. The summed E-state index contributed by atoms with van der Waals surface area (Å²) in [5.74, 6) is 5.60. The first-order chi connectivity index (χ1) is 27.0. The van der Waals surface area contributed by atoms with Gasteiger partial charge in [0.1, 0.15) is 6.61 Å². The van der Waals surface area contributed by atoms with E-state index in [1.807, 2.05) is 11.8 Å². The Morgan fingerprint density at radius 1 is 0.607 bits per heavy atom. The normalized spacial score (nSPS) is 17.2. The van der Waals surface area contributed by atoms with Gasteiger partial charge < -0.3 is 72.1 Å². The smallest absolute Gasteiger partial charge is 0.315 e. The molecule has 2 rings (SSSR count). The van der Waals surface area contributed by atoms with Crippen molar-refractivity contribution in [1.82, 2.24) is 26.6 Å². The summed E-state index contributed by atoms with van der Waals surface area (Å²) in [7, 11) is 3.22. The van der Waals surface area contributed by atoms with Crippen LogP contribution in [0.3, 0.4) is 0 Å². The number of halogens is 1. The van der Waals surface area contributed by atoms with Gasteiger partial charge in [0.25, 0.3) is 0 Å². The molecule has 2 fully saturated rings. The van der Waals surface area contributed by atoms with Crippen LogP contribution in [0.2, 0.25) is 0 Å². The monoisotopic (exact) mass is 880 g/mol. The van der Waals surface area contributed by atoms with Gasteiger partial charge in [-0.15, -0.1) is 0 Å². The van der Waals surface area contributed by atoms with Crippen LogP contribution in [0.1, 0.15) is 38.5 Å². The highest BCUT2D eigenvalue weighted by Crippen LogP contribution is 2.33. The van der Waals surface area contributed by atoms with Gasteiger partial charge in [-0.2, -0.15) is 11.8 Å². The van der Waals surface area contributed by atoms with E-state index in [-0.39, 0.29) is 54.7 Å². The maximum Gasteiger partial charge on any atom is 0.315 e. The number of quaternary nitrogens is 1. The van der Waals surface area contributed by atoms with E-state index in [1.165, 1.54) is 0 Å². The fraction of sp³-hybridized carbons (Fsp3) is 0.882. The molecule has 8 N–H and O–H groups in total. The molecular weight excluding hydrogens is 816 g/mol. The Hall–Kier alpha value is -1.34. The lowest BCUT2D eigenvalue weighted by Crippen LogP contribution is -3.00. The summed E-state index contributed by atoms with van der Waals surface area (Å²) < 4.78 is 38.0. The molecule has 0 aromatic heterocycles. The van der Waals surface area contributed by atoms with Gasteiger partial charge in [-0.25, -0.2) is 15.5 Å². The van der Waals surface area contributed by atoms with Crippen LogP contribution >= 0.6 is 33.3 Å². The molecule has 2 heterocycles. The number of nitrogens with one attached hydrogen (secondary N) is 5. The molecule has 0 bridgehead atoms. The number of fused-ring (bicyclic) bond motifs is 1. The summed E-state index contributed by atoms with van der Waals surface area (Å²) in [6, 6.07) is 0.383.